The van der Waals surface area contributed by atoms with Gasteiger partial charge in [0.25, 0.3) is 0 Å². The second kappa shape index (κ2) is 5.57. The van der Waals surface area contributed by atoms with Gasteiger partial charge in [-0.1, -0.05) is 12.2 Å². The third-order valence-corrected chi connectivity index (χ3v) is 1.55. The van der Waals surface area contributed by atoms with Crippen molar-refractivity contribution in [1.29, 1.82) is 0 Å². The predicted octanol–water partition coefficient (Wildman–Crippen LogP) is 1.38. The summed E-state index contributed by atoms with van der Waals surface area (Å²) in [5.74, 6) is -0.346. The predicted molar refractivity (Wildman–Crippen MR) is 50.3 cm³/mol. The molecule has 1 aliphatic heterocycles. The van der Waals surface area contributed by atoms with Gasteiger partial charge in [-0.3, -0.25) is 0 Å². The minimum atomic E-state index is -0.346. The lowest BCUT2D eigenvalue weighted by atomic mass is 10.4. The molecule has 1 rings (SSSR count). The molecule has 1 heterocycles. The summed E-state index contributed by atoms with van der Waals surface area (Å²) >= 11 is 0. The molecule has 4 nitrogen and oxygen atoms in total. The molecule has 1 aliphatic rings. The van der Waals surface area contributed by atoms with Gasteiger partial charge in [0.05, 0.1) is 6.61 Å². The lowest BCUT2D eigenvalue weighted by Crippen LogP contribution is -2.36. The fourth-order valence-electron chi connectivity index (χ4n) is 0.958. The van der Waals surface area contributed by atoms with Gasteiger partial charge in [-0.2, -0.15) is 0 Å². The van der Waals surface area contributed by atoms with Crippen LogP contribution in [0.25, 0.3) is 0 Å². The van der Waals surface area contributed by atoms with Crippen molar-refractivity contribution in [3.63, 3.8) is 0 Å². The maximum atomic E-state index is 10.8. The van der Waals surface area contributed by atoms with E-state index in [4.69, 9.17) is 9.47 Å². The van der Waals surface area contributed by atoms with Crippen molar-refractivity contribution in [2.75, 3.05) is 6.61 Å². The van der Waals surface area contributed by atoms with Crippen LogP contribution in [0.5, 0.6) is 0 Å². The molecule has 4 heteroatoms. The summed E-state index contributed by atoms with van der Waals surface area (Å²) in [5.41, 5.74) is 0. The zero-order valence-electron chi connectivity index (χ0n) is 8.30. The summed E-state index contributed by atoms with van der Waals surface area (Å²) in [6.45, 7) is 3.97. The van der Waals surface area contributed by atoms with E-state index in [1.807, 2.05) is 6.92 Å². The lowest BCUT2D eigenvalue weighted by molar-refractivity contribution is -0.354. The minimum Gasteiger partial charge on any atom is -0.463 e. The summed E-state index contributed by atoms with van der Waals surface area (Å²) in [7, 11) is 0. The Kier molecular flexibility index (Phi) is 4.35. The first-order valence-electron chi connectivity index (χ1n) is 4.55. The van der Waals surface area contributed by atoms with Crippen molar-refractivity contribution in [3.8, 4) is 0 Å². The Morgan fingerprint density at radius 1 is 1.43 bits per heavy atom. The Balaban J connectivity index is 2.16. The highest BCUT2D eigenvalue weighted by Crippen LogP contribution is 2.16. The largest absolute Gasteiger partial charge is 0.463 e. The standard InChI is InChI=1S/C10H14O4/c1-3-12-9(11)6-4-5-7-10-13-8(2)14-10/h4-8,10H,3H2,1-2H3/b6-4+,7-5-. The van der Waals surface area contributed by atoms with Crippen LogP contribution in [0.15, 0.2) is 24.3 Å². The van der Waals surface area contributed by atoms with Gasteiger partial charge >= 0.3 is 5.97 Å². The highest BCUT2D eigenvalue weighted by atomic mass is 16.9. The topological polar surface area (TPSA) is 44.8 Å². The molecule has 0 atom stereocenters. The highest BCUT2D eigenvalue weighted by molar-refractivity contribution is 5.82. The van der Waals surface area contributed by atoms with Crippen molar-refractivity contribution in [3.05, 3.63) is 24.3 Å². The summed E-state index contributed by atoms with van der Waals surface area (Å²) in [5, 5.41) is 0. The van der Waals surface area contributed by atoms with Crippen LogP contribution in [0.4, 0.5) is 0 Å². The molecule has 0 amide bonds. The smallest absolute Gasteiger partial charge is 0.330 e. The minimum absolute atomic E-state index is 0.126. The molecule has 0 aromatic rings. The average molecular weight is 198 g/mol. The summed E-state index contributed by atoms with van der Waals surface area (Å²) < 4.78 is 15.0. The average Bonchev–Trinajstić information content (AvgIpc) is 2.09. The quantitative estimate of drug-likeness (QED) is 0.389. The van der Waals surface area contributed by atoms with Crippen LogP contribution in [0.1, 0.15) is 13.8 Å². The first-order chi connectivity index (χ1) is 6.72. The van der Waals surface area contributed by atoms with Gasteiger partial charge in [0.1, 0.15) is 0 Å². The van der Waals surface area contributed by atoms with Gasteiger partial charge in [0.15, 0.2) is 12.6 Å². The number of esters is 1. The molecule has 1 saturated heterocycles. The molecule has 0 aromatic carbocycles. The Hall–Kier alpha value is -1.13. The first-order valence-corrected chi connectivity index (χ1v) is 4.55. The number of allylic oxidation sites excluding steroid dienone is 2. The number of ether oxygens (including phenoxy) is 3. The third kappa shape index (κ3) is 3.72. The van der Waals surface area contributed by atoms with Gasteiger partial charge in [-0.15, -0.1) is 0 Å². The number of carbonyl (C=O) groups is 1. The molecule has 0 aromatic heterocycles. The van der Waals surface area contributed by atoms with Crippen LogP contribution in [-0.2, 0) is 19.0 Å². The van der Waals surface area contributed by atoms with Crippen molar-refractivity contribution in [2.45, 2.75) is 26.4 Å². The maximum Gasteiger partial charge on any atom is 0.330 e. The van der Waals surface area contributed by atoms with Crippen molar-refractivity contribution in [1.82, 2.24) is 0 Å². The molecular weight excluding hydrogens is 184 g/mol. The van der Waals surface area contributed by atoms with Gasteiger partial charge in [-0.05, 0) is 19.9 Å². The van der Waals surface area contributed by atoms with Crippen LogP contribution >= 0.6 is 0 Å². The molecular formula is C10H14O4. The van der Waals surface area contributed by atoms with Crippen LogP contribution < -0.4 is 0 Å². The monoisotopic (exact) mass is 198 g/mol. The van der Waals surface area contributed by atoms with Crippen LogP contribution in [0.2, 0.25) is 0 Å². The summed E-state index contributed by atoms with van der Waals surface area (Å²) in [4.78, 5) is 10.8. The van der Waals surface area contributed by atoms with Crippen molar-refractivity contribution >= 4 is 5.97 Å². The van der Waals surface area contributed by atoms with Gasteiger partial charge in [0.2, 0.25) is 0 Å². The van der Waals surface area contributed by atoms with E-state index in [9.17, 15) is 4.79 Å². The molecule has 0 N–H and O–H groups in total. The van der Waals surface area contributed by atoms with Gasteiger partial charge in [0, 0.05) is 6.08 Å². The normalized spacial score (nSPS) is 26.7. The Morgan fingerprint density at radius 3 is 2.71 bits per heavy atom. The maximum absolute atomic E-state index is 10.8. The number of carbonyl (C=O) groups excluding carboxylic acids is 1. The summed E-state index contributed by atoms with van der Waals surface area (Å²) in [6.07, 6.45) is 5.94. The zero-order chi connectivity index (χ0) is 10.4. The molecule has 78 valence electrons. The molecule has 0 aliphatic carbocycles. The second-order valence-electron chi connectivity index (χ2n) is 2.70. The van der Waals surface area contributed by atoms with Crippen LogP contribution in [0.3, 0.4) is 0 Å². The number of hydrogen-bond acceptors (Lipinski definition) is 4. The fourth-order valence-corrected chi connectivity index (χ4v) is 0.958. The fraction of sp³-hybridized carbons (Fsp3) is 0.500. The molecule has 1 fully saturated rings. The van der Waals surface area contributed by atoms with E-state index < -0.39 is 0 Å². The first kappa shape index (κ1) is 10.9. The van der Waals surface area contributed by atoms with Crippen LogP contribution in [0, 0.1) is 0 Å². The van der Waals surface area contributed by atoms with E-state index in [2.05, 4.69) is 4.74 Å². The molecule has 14 heavy (non-hydrogen) atoms. The Bertz CT molecular complexity index is 239. The van der Waals surface area contributed by atoms with E-state index in [0.717, 1.165) is 0 Å². The Morgan fingerprint density at radius 2 is 2.14 bits per heavy atom. The molecule has 0 spiro atoms. The molecule has 0 radical (unpaired) electrons. The SMILES string of the molecule is CCOC(=O)/C=C/C=C\C1OC(C)O1. The van der Waals surface area contributed by atoms with E-state index in [1.165, 1.54) is 6.08 Å². The number of hydrogen-bond donors (Lipinski definition) is 0. The zero-order valence-corrected chi connectivity index (χ0v) is 8.30. The number of rotatable bonds is 4. The van der Waals surface area contributed by atoms with E-state index in [0.29, 0.717) is 6.61 Å². The molecule has 0 saturated carbocycles. The third-order valence-electron chi connectivity index (χ3n) is 1.55. The highest BCUT2D eigenvalue weighted by Gasteiger charge is 2.23. The van der Waals surface area contributed by atoms with E-state index in [1.54, 1.807) is 25.2 Å². The van der Waals surface area contributed by atoms with E-state index >= 15 is 0 Å². The van der Waals surface area contributed by atoms with Gasteiger partial charge < -0.3 is 14.2 Å². The lowest BCUT2D eigenvalue weighted by Gasteiger charge is -2.31. The molecule has 0 unspecified atom stereocenters. The van der Waals surface area contributed by atoms with Crippen LogP contribution in [-0.4, -0.2) is 25.2 Å². The van der Waals surface area contributed by atoms with Crippen molar-refractivity contribution < 1.29 is 19.0 Å². The Labute approximate surface area is 83.1 Å². The summed E-state index contributed by atoms with van der Waals surface area (Å²) in [6, 6.07) is 0. The second-order valence-corrected chi connectivity index (χ2v) is 2.70. The van der Waals surface area contributed by atoms with Gasteiger partial charge in [-0.25, -0.2) is 4.79 Å². The van der Waals surface area contributed by atoms with E-state index in [-0.39, 0.29) is 18.5 Å². The van der Waals surface area contributed by atoms with Crippen molar-refractivity contribution in [2.24, 2.45) is 0 Å². The molecule has 0 bridgehead atoms.